The van der Waals surface area contributed by atoms with E-state index in [9.17, 15) is 4.79 Å². The van der Waals surface area contributed by atoms with Gasteiger partial charge in [-0.1, -0.05) is 36.4 Å². The summed E-state index contributed by atoms with van der Waals surface area (Å²) in [6, 6.07) is 16.6. The summed E-state index contributed by atoms with van der Waals surface area (Å²) < 4.78 is 0. The maximum atomic E-state index is 12.8. The summed E-state index contributed by atoms with van der Waals surface area (Å²) in [5.41, 5.74) is 5.85. The number of hydrogen-bond acceptors (Lipinski definition) is 1. The maximum absolute atomic E-state index is 12.8. The number of fused-ring (bicyclic) bond motifs is 6. The van der Waals surface area contributed by atoms with Gasteiger partial charge in [0, 0.05) is 28.7 Å². The summed E-state index contributed by atoms with van der Waals surface area (Å²) in [4.78, 5) is 18.4. The molecule has 1 aromatic heterocycles. The van der Waals surface area contributed by atoms with Gasteiger partial charge >= 0.3 is 0 Å². The third-order valence-electron chi connectivity index (χ3n) is 5.08. The van der Waals surface area contributed by atoms with Crippen molar-refractivity contribution in [2.75, 3.05) is 6.54 Å². The summed E-state index contributed by atoms with van der Waals surface area (Å²) >= 11 is 0. The van der Waals surface area contributed by atoms with Crippen molar-refractivity contribution in [1.29, 1.82) is 0 Å². The van der Waals surface area contributed by atoms with E-state index < -0.39 is 0 Å². The van der Waals surface area contributed by atoms with Crippen LogP contribution in [0.3, 0.4) is 0 Å². The molecule has 22 heavy (non-hydrogen) atoms. The van der Waals surface area contributed by atoms with Gasteiger partial charge in [0.2, 0.25) is 0 Å². The number of carbonyl (C=O) groups excluding carboxylic acids is 1. The van der Waals surface area contributed by atoms with Gasteiger partial charge < -0.3 is 9.88 Å². The van der Waals surface area contributed by atoms with Crippen molar-refractivity contribution in [3.63, 3.8) is 0 Å². The number of para-hydroxylation sites is 1. The quantitative estimate of drug-likeness (QED) is 0.675. The molecule has 108 valence electrons. The molecule has 2 aliphatic heterocycles. The van der Waals surface area contributed by atoms with Crippen molar-refractivity contribution in [3.05, 3.63) is 70.9 Å². The van der Waals surface area contributed by atoms with Crippen LogP contribution in [0.1, 0.15) is 33.2 Å². The first-order valence-electron chi connectivity index (χ1n) is 7.81. The van der Waals surface area contributed by atoms with E-state index in [-0.39, 0.29) is 11.9 Å². The van der Waals surface area contributed by atoms with Crippen molar-refractivity contribution in [3.8, 4) is 0 Å². The van der Waals surface area contributed by atoms with Crippen LogP contribution < -0.4 is 0 Å². The molecule has 3 nitrogen and oxygen atoms in total. The number of carbonyl (C=O) groups is 1. The fourth-order valence-electron chi connectivity index (χ4n) is 4.04. The molecule has 5 rings (SSSR count). The third-order valence-corrected chi connectivity index (χ3v) is 5.08. The Balaban J connectivity index is 1.71. The van der Waals surface area contributed by atoms with Gasteiger partial charge in [0.05, 0.1) is 6.04 Å². The second-order valence-corrected chi connectivity index (χ2v) is 6.19. The summed E-state index contributed by atoms with van der Waals surface area (Å²) in [7, 11) is 0. The molecule has 0 unspecified atom stereocenters. The maximum Gasteiger partial charge on any atom is 0.254 e. The molecule has 1 atom stereocenters. The normalized spacial score (nSPS) is 19.7. The lowest BCUT2D eigenvalue weighted by molar-refractivity contribution is 0.0628. The van der Waals surface area contributed by atoms with Crippen LogP contribution in [0.5, 0.6) is 0 Å². The fourth-order valence-corrected chi connectivity index (χ4v) is 4.04. The minimum atomic E-state index is 0.151. The SMILES string of the molecule is O=C1c2ccccc2C[C@H]2c3[nH]c4ccccc4c3CCN12. The Morgan fingerprint density at radius 3 is 2.82 bits per heavy atom. The molecular weight excluding hydrogens is 272 g/mol. The Bertz CT molecular complexity index is 909. The zero-order valence-electron chi connectivity index (χ0n) is 12.2. The Morgan fingerprint density at radius 1 is 1.05 bits per heavy atom. The van der Waals surface area contributed by atoms with Crippen LogP contribution in [-0.2, 0) is 12.8 Å². The Morgan fingerprint density at radius 2 is 1.86 bits per heavy atom. The Labute approximate surface area is 128 Å². The molecule has 0 radical (unpaired) electrons. The van der Waals surface area contributed by atoms with E-state index in [4.69, 9.17) is 0 Å². The lowest BCUT2D eigenvalue weighted by Gasteiger charge is -2.39. The van der Waals surface area contributed by atoms with Crippen molar-refractivity contribution in [1.82, 2.24) is 9.88 Å². The van der Waals surface area contributed by atoms with Crippen LogP contribution in [0.15, 0.2) is 48.5 Å². The van der Waals surface area contributed by atoms with Gasteiger partial charge in [-0.05, 0) is 36.1 Å². The van der Waals surface area contributed by atoms with Gasteiger partial charge in [-0.3, -0.25) is 4.79 Å². The molecule has 1 amide bonds. The van der Waals surface area contributed by atoms with Crippen LogP contribution in [0.25, 0.3) is 10.9 Å². The third kappa shape index (κ3) is 1.48. The van der Waals surface area contributed by atoms with Gasteiger partial charge in [0.25, 0.3) is 5.91 Å². The number of benzene rings is 2. The molecule has 0 bridgehead atoms. The van der Waals surface area contributed by atoms with Crippen LogP contribution in [0.4, 0.5) is 0 Å². The van der Waals surface area contributed by atoms with Crippen LogP contribution >= 0.6 is 0 Å². The second-order valence-electron chi connectivity index (χ2n) is 6.19. The lowest BCUT2D eigenvalue weighted by Crippen LogP contribution is -2.44. The summed E-state index contributed by atoms with van der Waals surface area (Å²) in [6.45, 7) is 0.812. The first-order valence-corrected chi connectivity index (χ1v) is 7.81. The highest BCUT2D eigenvalue weighted by Gasteiger charge is 2.38. The highest BCUT2D eigenvalue weighted by molar-refractivity contribution is 5.98. The number of hydrogen-bond donors (Lipinski definition) is 1. The van der Waals surface area contributed by atoms with Crippen molar-refractivity contribution in [2.45, 2.75) is 18.9 Å². The smallest absolute Gasteiger partial charge is 0.254 e. The van der Waals surface area contributed by atoms with Crippen molar-refractivity contribution >= 4 is 16.8 Å². The van der Waals surface area contributed by atoms with E-state index in [1.165, 1.54) is 27.7 Å². The number of aromatic amines is 1. The van der Waals surface area contributed by atoms with Crippen LogP contribution in [0, 0.1) is 0 Å². The molecule has 0 fully saturated rings. The minimum Gasteiger partial charge on any atom is -0.356 e. The van der Waals surface area contributed by atoms with E-state index in [0.29, 0.717) is 0 Å². The zero-order valence-corrected chi connectivity index (χ0v) is 12.2. The number of amides is 1. The summed E-state index contributed by atoms with van der Waals surface area (Å²) in [5.74, 6) is 0.177. The molecule has 2 aromatic carbocycles. The average molecular weight is 288 g/mol. The fraction of sp³-hybridized carbons (Fsp3) is 0.211. The van der Waals surface area contributed by atoms with Crippen LogP contribution in [-0.4, -0.2) is 22.3 Å². The summed E-state index contributed by atoms with van der Waals surface area (Å²) in [5, 5.41) is 1.31. The highest BCUT2D eigenvalue weighted by Crippen LogP contribution is 2.40. The monoisotopic (exact) mass is 288 g/mol. The predicted molar refractivity (Wildman–Crippen MR) is 85.9 cm³/mol. The summed E-state index contributed by atoms with van der Waals surface area (Å²) in [6.07, 6.45) is 1.84. The molecule has 0 saturated carbocycles. The van der Waals surface area contributed by atoms with E-state index in [1.807, 2.05) is 23.1 Å². The van der Waals surface area contributed by atoms with Crippen molar-refractivity contribution < 1.29 is 4.79 Å². The number of H-pyrrole nitrogens is 1. The molecule has 2 aliphatic rings. The zero-order chi connectivity index (χ0) is 14.7. The van der Waals surface area contributed by atoms with Gasteiger partial charge in [-0.25, -0.2) is 0 Å². The highest BCUT2D eigenvalue weighted by atomic mass is 16.2. The molecule has 3 heterocycles. The molecular formula is C19H16N2O. The van der Waals surface area contributed by atoms with E-state index in [2.05, 4.69) is 35.3 Å². The second kappa shape index (κ2) is 4.23. The first kappa shape index (κ1) is 12.0. The largest absolute Gasteiger partial charge is 0.356 e. The molecule has 0 aliphatic carbocycles. The molecule has 3 heteroatoms. The van der Waals surface area contributed by atoms with E-state index >= 15 is 0 Å². The van der Waals surface area contributed by atoms with E-state index in [1.54, 1.807) is 0 Å². The molecule has 0 spiro atoms. The van der Waals surface area contributed by atoms with E-state index in [0.717, 1.165) is 24.9 Å². The van der Waals surface area contributed by atoms with Gasteiger partial charge in [-0.2, -0.15) is 0 Å². The van der Waals surface area contributed by atoms with Crippen LogP contribution in [0.2, 0.25) is 0 Å². The Kier molecular flexibility index (Phi) is 2.31. The Hall–Kier alpha value is -2.55. The van der Waals surface area contributed by atoms with Gasteiger partial charge in [-0.15, -0.1) is 0 Å². The predicted octanol–water partition coefficient (Wildman–Crippen LogP) is 3.46. The number of rotatable bonds is 0. The lowest BCUT2D eigenvalue weighted by atomic mass is 9.87. The average Bonchev–Trinajstić information content (AvgIpc) is 2.94. The standard InChI is InChI=1S/C19H16N2O/c22-19-13-6-2-1-5-12(13)11-17-18-15(9-10-21(17)19)14-7-3-4-8-16(14)20-18/h1-8,17,20H,9-11H2/t17-/m0/s1. The first-order chi connectivity index (χ1) is 10.8. The topological polar surface area (TPSA) is 36.1 Å². The van der Waals surface area contributed by atoms with Crippen molar-refractivity contribution in [2.24, 2.45) is 0 Å². The number of nitrogens with one attached hydrogen (secondary N) is 1. The number of aromatic nitrogens is 1. The van der Waals surface area contributed by atoms with Gasteiger partial charge in [0.1, 0.15) is 0 Å². The minimum absolute atomic E-state index is 0.151. The molecule has 1 N–H and O–H groups in total. The number of nitrogens with zero attached hydrogens (tertiary/aromatic N) is 1. The molecule has 3 aromatic rings. The molecule has 0 saturated heterocycles. The van der Waals surface area contributed by atoms with Gasteiger partial charge in [0.15, 0.2) is 0 Å².